The Labute approximate surface area is 202 Å². The molecule has 0 saturated carbocycles. The molecule has 0 spiro atoms. The molecule has 0 saturated heterocycles. The van der Waals surface area contributed by atoms with Gasteiger partial charge in [-0.25, -0.2) is 13.2 Å². The lowest BCUT2D eigenvalue weighted by Crippen LogP contribution is -2.02. The van der Waals surface area contributed by atoms with E-state index >= 15 is 0 Å². The van der Waals surface area contributed by atoms with Crippen LogP contribution in [0.15, 0.2) is 78.9 Å². The highest BCUT2D eigenvalue weighted by molar-refractivity contribution is 5.66. The summed E-state index contributed by atoms with van der Waals surface area (Å²) in [6.45, 7) is 2.48. The van der Waals surface area contributed by atoms with Crippen LogP contribution in [0.2, 0.25) is 0 Å². The summed E-state index contributed by atoms with van der Waals surface area (Å²) in [5, 5.41) is 0. The molecule has 35 heavy (non-hydrogen) atoms. The fourth-order valence-electron chi connectivity index (χ4n) is 3.66. The second-order valence-corrected chi connectivity index (χ2v) is 7.89. The number of methoxy groups -OCH3 is 1. The third kappa shape index (κ3) is 5.66. The van der Waals surface area contributed by atoms with Crippen molar-refractivity contribution >= 4 is 0 Å². The van der Waals surface area contributed by atoms with Crippen molar-refractivity contribution in [2.75, 3.05) is 13.7 Å². The van der Waals surface area contributed by atoms with E-state index in [-0.39, 0.29) is 30.2 Å². The largest absolute Gasteiger partial charge is 0.497 e. The van der Waals surface area contributed by atoms with Crippen molar-refractivity contribution in [2.45, 2.75) is 20.1 Å². The van der Waals surface area contributed by atoms with Crippen molar-refractivity contribution < 1.29 is 27.4 Å². The lowest BCUT2D eigenvalue weighted by molar-refractivity contribution is 0.131. The van der Waals surface area contributed by atoms with Crippen LogP contribution >= 0.6 is 0 Å². The Kier molecular flexibility index (Phi) is 7.73. The van der Waals surface area contributed by atoms with Crippen molar-refractivity contribution in [3.63, 3.8) is 0 Å². The van der Waals surface area contributed by atoms with E-state index in [9.17, 15) is 13.2 Å². The van der Waals surface area contributed by atoms with Gasteiger partial charge >= 0.3 is 0 Å². The summed E-state index contributed by atoms with van der Waals surface area (Å²) in [5.41, 5.74) is 2.85. The molecule has 0 atom stereocenters. The minimum Gasteiger partial charge on any atom is -0.497 e. The van der Waals surface area contributed by atoms with Gasteiger partial charge in [-0.15, -0.1) is 0 Å². The van der Waals surface area contributed by atoms with Gasteiger partial charge in [-0.3, -0.25) is 0 Å². The van der Waals surface area contributed by atoms with E-state index in [2.05, 4.69) is 0 Å². The van der Waals surface area contributed by atoms with Crippen molar-refractivity contribution in [2.24, 2.45) is 0 Å². The number of hydrogen-bond donors (Lipinski definition) is 0. The molecule has 0 unspecified atom stereocenters. The van der Waals surface area contributed by atoms with Crippen LogP contribution in [0.5, 0.6) is 11.5 Å². The molecule has 4 aromatic carbocycles. The van der Waals surface area contributed by atoms with Gasteiger partial charge < -0.3 is 14.2 Å². The topological polar surface area (TPSA) is 27.7 Å². The van der Waals surface area contributed by atoms with Gasteiger partial charge in [-0.1, -0.05) is 48.5 Å². The average molecular weight is 479 g/mol. The van der Waals surface area contributed by atoms with E-state index in [0.717, 1.165) is 11.1 Å². The van der Waals surface area contributed by atoms with E-state index in [0.29, 0.717) is 29.2 Å². The third-order valence-electron chi connectivity index (χ3n) is 5.66. The molecule has 0 amide bonds. The van der Waals surface area contributed by atoms with Crippen molar-refractivity contribution in [3.8, 4) is 33.8 Å². The smallest absolute Gasteiger partial charge is 0.167 e. The average Bonchev–Trinajstić information content (AvgIpc) is 2.89. The molecule has 0 radical (unpaired) electrons. The van der Waals surface area contributed by atoms with Gasteiger partial charge in [0.1, 0.15) is 23.9 Å². The van der Waals surface area contributed by atoms with Gasteiger partial charge in [0.15, 0.2) is 11.6 Å². The summed E-state index contributed by atoms with van der Waals surface area (Å²) in [4.78, 5) is 0. The first-order valence-corrected chi connectivity index (χ1v) is 11.2. The fraction of sp³-hybridized carbons (Fsp3) is 0.172. The lowest BCUT2D eigenvalue weighted by Gasteiger charge is -2.11. The quantitative estimate of drug-likeness (QED) is 0.248. The van der Waals surface area contributed by atoms with Gasteiger partial charge in [0, 0.05) is 23.3 Å². The molecule has 0 fully saturated rings. The fourth-order valence-corrected chi connectivity index (χ4v) is 3.66. The second-order valence-electron chi connectivity index (χ2n) is 7.89. The number of rotatable bonds is 9. The Balaban J connectivity index is 1.43. The van der Waals surface area contributed by atoms with Crippen LogP contribution in [0, 0.1) is 17.5 Å². The van der Waals surface area contributed by atoms with Crippen LogP contribution in [-0.4, -0.2) is 13.7 Å². The van der Waals surface area contributed by atoms with Crippen LogP contribution in [0.1, 0.15) is 18.1 Å². The monoisotopic (exact) mass is 478 g/mol. The second kappa shape index (κ2) is 11.1. The third-order valence-corrected chi connectivity index (χ3v) is 5.66. The van der Waals surface area contributed by atoms with Crippen LogP contribution < -0.4 is 9.47 Å². The summed E-state index contributed by atoms with van der Waals surface area (Å²) in [6.07, 6.45) is 0. The molecule has 0 bridgehead atoms. The Bertz CT molecular complexity index is 1290. The minimum absolute atomic E-state index is 0.107. The number of benzene rings is 4. The zero-order valence-electron chi connectivity index (χ0n) is 19.5. The minimum atomic E-state index is -0.947. The Morgan fingerprint density at radius 3 is 1.91 bits per heavy atom. The standard InChI is InChI=1S/C29H25F3O3/c1-3-34-17-22-5-4-21(16-27(22)30)19-6-13-25(14-7-19)35-18-23-10-15-26(29(32)28(23)31)20-8-11-24(33-2)12-9-20/h4-16H,3,17-18H2,1-2H3. The molecule has 0 aliphatic heterocycles. The van der Waals surface area contributed by atoms with Gasteiger partial charge in [-0.2, -0.15) is 0 Å². The SMILES string of the molecule is CCOCc1ccc(-c2ccc(OCc3ccc(-c4ccc(OC)cc4)c(F)c3F)cc2)cc1F. The summed E-state index contributed by atoms with van der Waals surface area (Å²) in [6, 6.07) is 21.8. The maximum Gasteiger partial charge on any atom is 0.167 e. The summed E-state index contributed by atoms with van der Waals surface area (Å²) in [5.74, 6) is -1.08. The first-order valence-electron chi connectivity index (χ1n) is 11.2. The molecule has 6 heteroatoms. The van der Waals surface area contributed by atoms with Gasteiger partial charge in [0.2, 0.25) is 0 Å². The Morgan fingerprint density at radius 2 is 1.26 bits per heavy atom. The van der Waals surface area contributed by atoms with E-state index < -0.39 is 11.6 Å². The number of hydrogen-bond acceptors (Lipinski definition) is 3. The predicted octanol–water partition coefficient (Wildman–Crippen LogP) is 7.56. The molecule has 0 heterocycles. The molecule has 4 rings (SSSR count). The van der Waals surface area contributed by atoms with Crippen molar-refractivity contribution in [1.82, 2.24) is 0 Å². The van der Waals surface area contributed by atoms with Gasteiger partial charge in [0.25, 0.3) is 0 Å². The summed E-state index contributed by atoms with van der Waals surface area (Å²) < 4.78 is 59.8. The molecule has 0 aliphatic rings. The van der Waals surface area contributed by atoms with Gasteiger partial charge in [-0.05, 0) is 53.9 Å². The number of halogens is 3. The first kappa shape index (κ1) is 24.4. The van der Waals surface area contributed by atoms with Crippen LogP contribution in [-0.2, 0) is 18.0 Å². The van der Waals surface area contributed by atoms with Gasteiger partial charge in [0.05, 0.1) is 13.7 Å². The predicted molar refractivity (Wildman–Crippen MR) is 130 cm³/mol. The lowest BCUT2D eigenvalue weighted by atomic mass is 10.0. The van der Waals surface area contributed by atoms with Crippen molar-refractivity contribution in [1.29, 1.82) is 0 Å². The first-order chi connectivity index (χ1) is 17.0. The highest BCUT2D eigenvalue weighted by Crippen LogP contribution is 2.29. The molecule has 0 aliphatic carbocycles. The zero-order valence-corrected chi connectivity index (χ0v) is 19.5. The Hall–Kier alpha value is -3.77. The normalized spacial score (nSPS) is 10.9. The molecule has 3 nitrogen and oxygen atoms in total. The molecule has 4 aromatic rings. The van der Waals surface area contributed by atoms with Crippen LogP contribution in [0.3, 0.4) is 0 Å². The molecule has 0 N–H and O–H groups in total. The zero-order chi connectivity index (χ0) is 24.8. The summed E-state index contributed by atoms with van der Waals surface area (Å²) >= 11 is 0. The maximum absolute atomic E-state index is 14.7. The number of ether oxygens (including phenoxy) is 3. The molecular formula is C29H25F3O3. The molecule has 180 valence electrons. The van der Waals surface area contributed by atoms with Crippen LogP contribution in [0.4, 0.5) is 13.2 Å². The maximum atomic E-state index is 14.7. The summed E-state index contributed by atoms with van der Waals surface area (Å²) in [7, 11) is 1.54. The van der Waals surface area contributed by atoms with Crippen LogP contribution in [0.25, 0.3) is 22.3 Å². The van der Waals surface area contributed by atoms with E-state index in [1.54, 1.807) is 61.7 Å². The highest BCUT2D eigenvalue weighted by atomic mass is 19.2. The molecule has 0 aromatic heterocycles. The molecular weight excluding hydrogens is 453 g/mol. The van der Waals surface area contributed by atoms with Crippen molar-refractivity contribution in [3.05, 3.63) is 107 Å². The van der Waals surface area contributed by atoms with E-state index in [1.165, 1.54) is 18.2 Å². The Morgan fingerprint density at radius 1 is 0.629 bits per heavy atom. The van der Waals surface area contributed by atoms with E-state index in [1.807, 2.05) is 13.0 Å². The highest BCUT2D eigenvalue weighted by Gasteiger charge is 2.15. The van der Waals surface area contributed by atoms with E-state index in [4.69, 9.17) is 14.2 Å².